The maximum absolute atomic E-state index is 12.8. The molecule has 2 nitrogen and oxygen atoms in total. The minimum atomic E-state index is -4.47. The minimum Gasteiger partial charge on any atom is -0.389 e. The highest BCUT2D eigenvalue weighted by atomic mass is 35.5. The first-order valence-corrected chi connectivity index (χ1v) is 6.59. The van der Waals surface area contributed by atoms with Gasteiger partial charge in [-0.05, 0) is 30.3 Å². The number of benzene rings is 2. The zero-order chi connectivity index (χ0) is 15.6. The lowest BCUT2D eigenvalue weighted by Crippen LogP contribution is -2.12. The van der Waals surface area contributed by atoms with Gasteiger partial charge < -0.3 is 11.1 Å². The molecule has 2 rings (SSSR count). The summed E-state index contributed by atoms with van der Waals surface area (Å²) < 4.78 is 38.3. The van der Waals surface area contributed by atoms with E-state index in [1.165, 1.54) is 6.07 Å². The third-order valence-corrected chi connectivity index (χ3v) is 3.13. The van der Waals surface area contributed by atoms with Crippen LogP contribution in [0.15, 0.2) is 42.5 Å². The lowest BCUT2D eigenvalue weighted by Gasteiger charge is -2.14. The van der Waals surface area contributed by atoms with Crippen LogP contribution in [0.5, 0.6) is 0 Å². The molecule has 0 heterocycles. The van der Waals surface area contributed by atoms with Gasteiger partial charge in [0.15, 0.2) is 0 Å². The Labute approximate surface area is 129 Å². The molecule has 0 aliphatic heterocycles. The summed E-state index contributed by atoms with van der Waals surface area (Å²) in [6, 6.07) is 10.0. The van der Waals surface area contributed by atoms with Gasteiger partial charge in [0, 0.05) is 22.0 Å². The summed E-state index contributed by atoms with van der Waals surface area (Å²) in [6.45, 7) is 0. The fourth-order valence-corrected chi connectivity index (χ4v) is 2.20. The van der Waals surface area contributed by atoms with Crippen molar-refractivity contribution in [3.8, 4) is 0 Å². The topological polar surface area (TPSA) is 38.0 Å². The highest BCUT2D eigenvalue weighted by molar-refractivity contribution is 7.80. The maximum atomic E-state index is 12.8. The van der Waals surface area contributed by atoms with Crippen molar-refractivity contribution in [2.24, 2.45) is 5.73 Å². The number of hydrogen-bond donors (Lipinski definition) is 2. The lowest BCUT2D eigenvalue weighted by atomic mass is 10.1. The van der Waals surface area contributed by atoms with Crippen LogP contribution < -0.4 is 11.1 Å². The van der Waals surface area contributed by atoms with Gasteiger partial charge >= 0.3 is 6.18 Å². The molecule has 110 valence electrons. The highest BCUT2D eigenvalue weighted by Crippen LogP contribution is 2.34. The van der Waals surface area contributed by atoms with Crippen LogP contribution >= 0.6 is 23.8 Å². The van der Waals surface area contributed by atoms with Gasteiger partial charge in [0.25, 0.3) is 0 Å². The number of anilines is 2. The Hall–Kier alpha value is -1.79. The molecule has 0 saturated carbocycles. The predicted octanol–water partition coefficient (Wildman–Crippen LogP) is 4.74. The van der Waals surface area contributed by atoms with Crippen LogP contribution in [0.3, 0.4) is 0 Å². The molecule has 2 aromatic carbocycles. The number of hydrogen-bond acceptors (Lipinski definition) is 2. The Balaban J connectivity index is 2.41. The number of thiocarbonyl (C=S) groups is 1. The Kier molecular flexibility index (Phi) is 4.39. The number of rotatable bonds is 3. The quantitative estimate of drug-likeness (QED) is 0.798. The van der Waals surface area contributed by atoms with Crippen molar-refractivity contribution in [3.63, 3.8) is 0 Å². The van der Waals surface area contributed by atoms with Crippen molar-refractivity contribution < 1.29 is 13.2 Å². The fraction of sp³-hybridized carbons (Fsp3) is 0.0714. The second-order valence-corrected chi connectivity index (χ2v) is 5.14. The summed E-state index contributed by atoms with van der Waals surface area (Å²) in [7, 11) is 0. The second kappa shape index (κ2) is 5.91. The van der Waals surface area contributed by atoms with Gasteiger partial charge in [-0.2, -0.15) is 13.2 Å². The van der Waals surface area contributed by atoms with E-state index in [2.05, 4.69) is 5.32 Å². The SMILES string of the molecule is NC(=S)c1ccccc1Nc1cc(Cl)cc(C(F)(F)F)c1. The van der Waals surface area contributed by atoms with Crippen LogP contribution in [0.4, 0.5) is 24.5 Å². The zero-order valence-corrected chi connectivity index (χ0v) is 12.1. The van der Waals surface area contributed by atoms with Crippen LogP contribution in [0.25, 0.3) is 0 Å². The van der Waals surface area contributed by atoms with Crippen LogP contribution in [0, 0.1) is 0 Å². The number of nitrogens with two attached hydrogens (primary N) is 1. The smallest absolute Gasteiger partial charge is 0.389 e. The van der Waals surface area contributed by atoms with Gasteiger partial charge in [-0.1, -0.05) is 36.0 Å². The molecule has 0 aliphatic carbocycles. The molecule has 7 heteroatoms. The van der Waals surface area contributed by atoms with Gasteiger partial charge in [0.05, 0.1) is 5.56 Å². The van der Waals surface area contributed by atoms with Crippen molar-refractivity contribution in [1.82, 2.24) is 0 Å². The summed E-state index contributed by atoms with van der Waals surface area (Å²) in [5.74, 6) is 0. The molecule has 0 aliphatic rings. The van der Waals surface area contributed by atoms with E-state index in [-0.39, 0.29) is 15.7 Å². The second-order valence-electron chi connectivity index (χ2n) is 4.26. The third kappa shape index (κ3) is 3.86. The Bertz CT molecular complexity index is 686. The number of para-hydroxylation sites is 1. The average molecular weight is 331 g/mol. The largest absolute Gasteiger partial charge is 0.416 e. The van der Waals surface area contributed by atoms with Gasteiger partial charge in [-0.3, -0.25) is 0 Å². The van der Waals surface area contributed by atoms with E-state index in [9.17, 15) is 13.2 Å². The predicted molar refractivity (Wildman–Crippen MR) is 82.1 cm³/mol. The first-order valence-electron chi connectivity index (χ1n) is 5.81. The van der Waals surface area contributed by atoms with Crippen LogP contribution in [-0.4, -0.2) is 4.99 Å². The molecular weight excluding hydrogens is 321 g/mol. The van der Waals surface area contributed by atoms with Gasteiger partial charge in [-0.15, -0.1) is 0 Å². The summed E-state index contributed by atoms with van der Waals surface area (Å²) >= 11 is 10.6. The molecular formula is C14H10ClF3N2S. The van der Waals surface area contributed by atoms with Gasteiger partial charge in [0.2, 0.25) is 0 Å². The molecule has 0 bridgehead atoms. The van der Waals surface area contributed by atoms with E-state index < -0.39 is 11.7 Å². The Morgan fingerprint density at radius 2 is 1.81 bits per heavy atom. The first kappa shape index (κ1) is 15.6. The van der Waals surface area contributed by atoms with E-state index in [1.54, 1.807) is 24.3 Å². The summed E-state index contributed by atoms with van der Waals surface area (Å²) in [4.78, 5) is 0.149. The van der Waals surface area contributed by atoms with Crippen LogP contribution in [0.2, 0.25) is 5.02 Å². The molecule has 0 radical (unpaired) electrons. The summed E-state index contributed by atoms with van der Waals surface area (Å²) in [5, 5.41) is 2.84. The van der Waals surface area contributed by atoms with E-state index in [1.807, 2.05) is 0 Å². The lowest BCUT2D eigenvalue weighted by molar-refractivity contribution is -0.137. The molecule has 0 spiro atoms. The van der Waals surface area contributed by atoms with Crippen molar-refractivity contribution in [1.29, 1.82) is 0 Å². The molecule has 21 heavy (non-hydrogen) atoms. The van der Waals surface area contributed by atoms with Gasteiger partial charge in [0.1, 0.15) is 4.99 Å². The molecule has 2 aromatic rings. The van der Waals surface area contributed by atoms with Crippen LogP contribution in [0.1, 0.15) is 11.1 Å². The molecule has 0 amide bonds. The average Bonchev–Trinajstić information content (AvgIpc) is 2.37. The summed E-state index contributed by atoms with van der Waals surface area (Å²) in [6.07, 6.45) is -4.47. The molecule has 0 saturated heterocycles. The Morgan fingerprint density at radius 1 is 1.14 bits per heavy atom. The van der Waals surface area contributed by atoms with Crippen molar-refractivity contribution in [3.05, 3.63) is 58.6 Å². The van der Waals surface area contributed by atoms with Crippen molar-refractivity contribution in [2.75, 3.05) is 5.32 Å². The normalized spacial score (nSPS) is 11.2. The van der Waals surface area contributed by atoms with Crippen molar-refractivity contribution in [2.45, 2.75) is 6.18 Å². The minimum absolute atomic E-state index is 0.0138. The van der Waals surface area contributed by atoms with Crippen LogP contribution in [-0.2, 0) is 6.18 Å². The number of nitrogens with one attached hydrogen (secondary N) is 1. The third-order valence-electron chi connectivity index (χ3n) is 2.70. The van der Waals surface area contributed by atoms with E-state index in [4.69, 9.17) is 29.6 Å². The first-order chi connectivity index (χ1) is 9.77. The van der Waals surface area contributed by atoms with E-state index in [0.717, 1.165) is 12.1 Å². The van der Waals surface area contributed by atoms with E-state index in [0.29, 0.717) is 11.3 Å². The molecule has 0 unspecified atom stereocenters. The molecule has 0 atom stereocenters. The number of halogens is 4. The number of alkyl halides is 3. The highest BCUT2D eigenvalue weighted by Gasteiger charge is 2.31. The molecule has 0 aromatic heterocycles. The maximum Gasteiger partial charge on any atom is 0.416 e. The zero-order valence-electron chi connectivity index (χ0n) is 10.5. The molecule has 0 fully saturated rings. The van der Waals surface area contributed by atoms with E-state index >= 15 is 0 Å². The standard InChI is InChI=1S/C14H10ClF3N2S/c15-9-5-8(14(16,17)18)6-10(7-9)20-12-4-2-1-3-11(12)13(19)21/h1-7,20H,(H2,19,21). The van der Waals surface area contributed by atoms with Gasteiger partial charge in [-0.25, -0.2) is 0 Å². The summed E-state index contributed by atoms with van der Waals surface area (Å²) in [5.41, 5.74) is 6.02. The Morgan fingerprint density at radius 3 is 2.43 bits per heavy atom. The fourth-order valence-electron chi connectivity index (χ4n) is 1.79. The monoisotopic (exact) mass is 330 g/mol. The molecule has 3 N–H and O–H groups in total. The van der Waals surface area contributed by atoms with Crippen molar-refractivity contribution >= 4 is 40.2 Å².